The Hall–Kier alpha value is -3.08. The van der Waals surface area contributed by atoms with Gasteiger partial charge in [-0.25, -0.2) is 4.39 Å². The van der Waals surface area contributed by atoms with Gasteiger partial charge in [0, 0.05) is 5.92 Å². The molecule has 1 atom stereocenters. The van der Waals surface area contributed by atoms with E-state index in [9.17, 15) is 17.6 Å². The molecule has 0 amide bonds. The topological polar surface area (TPSA) is 9.23 Å². The van der Waals surface area contributed by atoms with E-state index in [2.05, 4.69) is 6.58 Å². The molecule has 0 aromatic heterocycles. The number of alkyl halides is 3. The minimum absolute atomic E-state index is 0.0484. The molecular formula is C25H22F4O. The van der Waals surface area contributed by atoms with Crippen molar-refractivity contribution in [3.63, 3.8) is 0 Å². The van der Waals surface area contributed by atoms with E-state index in [-0.39, 0.29) is 11.7 Å². The molecule has 3 aromatic carbocycles. The van der Waals surface area contributed by atoms with Crippen LogP contribution >= 0.6 is 0 Å². The van der Waals surface area contributed by atoms with Crippen LogP contribution in [0.5, 0.6) is 11.5 Å². The van der Waals surface area contributed by atoms with E-state index in [1.54, 1.807) is 30.3 Å². The first kappa shape index (κ1) is 21.6. The fourth-order valence-corrected chi connectivity index (χ4v) is 3.26. The molecule has 5 heteroatoms. The molecule has 0 saturated heterocycles. The SMILES string of the molecule is C=CC(CCCc1ccc(F)c(Oc2ccccc2)c1)c1ccc(C(F)(F)F)cc1. The molecule has 1 nitrogen and oxygen atoms in total. The molecule has 0 heterocycles. The molecule has 0 spiro atoms. The fourth-order valence-electron chi connectivity index (χ4n) is 3.26. The number of allylic oxidation sites excluding steroid dienone is 1. The summed E-state index contributed by atoms with van der Waals surface area (Å²) in [4.78, 5) is 0. The van der Waals surface area contributed by atoms with E-state index in [0.717, 1.165) is 36.1 Å². The Labute approximate surface area is 173 Å². The van der Waals surface area contributed by atoms with Crippen LogP contribution in [0.15, 0.2) is 85.5 Å². The van der Waals surface area contributed by atoms with E-state index < -0.39 is 17.6 Å². The highest BCUT2D eigenvalue weighted by Gasteiger charge is 2.30. The van der Waals surface area contributed by atoms with E-state index >= 15 is 0 Å². The van der Waals surface area contributed by atoms with Gasteiger partial charge in [0.15, 0.2) is 11.6 Å². The van der Waals surface area contributed by atoms with Gasteiger partial charge in [0.1, 0.15) is 5.75 Å². The summed E-state index contributed by atoms with van der Waals surface area (Å²) >= 11 is 0. The molecule has 0 aliphatic carbocycles. The normalized spacial score (nSPS) is 12.4. The van der Waals surface area contributed by atoms with Crippen molar-refractivity contribution in [2.75, 3.05) is 0 Å². The van der Waals surface area contributed by atoms with E-state index in [1.165, 1.54) is 18.2 Å². The molecule has 3 aromatic rings. The van der Waals surface area contributed by atoms with Crippen LogP contribution in [0.3, 0.4) is 0 Å². The molecule has 3 rings (SSSR count). The third kappa shape index (κ3) is 5.72. The average molecular weight is 414 g/mol. The number of rotatable bonds is 8. The number of hydrogen-bond donors (Lipinski definition) is 0. The van der Waals surface area contributed by atoms with Crippen molar-refractivity contribution < 1.29 is 22.3 Å². The molecule has 0 saturated carbocycles. The summed E-state index contributed by atoms with van der Waals surface area (Å²) in [7, 11) is 0. The van der Waals surface area contributed by atoms with Crippen molar-refractivity contribution in [3.05, 3.63) is 108 Å². The van der Waals surface area contributed by atoms with Gasteiger partial charge in [0.2, 0.25) is 0 Å². The highest BCUT2D eigenvalue weighted by atomic mass is 19.4. The lowest BCUT2D eigenvalue weighted by Crippen LogP contribution is -2.05. The third-order valence-corrected chi connectivity index (χ3v) is 4.90. The highest BCUT2D eigenvalue weighted by Crippen LogP contribution is 2.32. The molecule has 0 aliphatic rings. The van der Waals surface area contributed by atoms with Gasteiger partial charge in [-0.1, -0.05) is 42.5 Å². The predicted molar refractivity (Wildman–Crippen MR) is 110 cm³/mol. The summed E-state index contributed by atoms with van der Waals surface area (Å²) in [5, 5.41) is 0. The summed E-state index contributed by atoms with van der Waals surface area (Å²) in [6, 6.07) is 19.0. The van der Waals surface area contributed by atoms with Gasteiger partial charge in [0.05, 0.1) is 5.56 Å². The second-order valence-electron chi connectivity index (χ2n) is 7.03. The van der Waals surface area contributed by atoms with Crippen LogP contribution in [0.4, 0.5) is 17.6 Å². The maximum atomic E-state index is 14.1. The second kappa shape index (κ2) is 9.61. The molecule has 0 aliphatic heterocycles. The Morgan fingerprint density at radius 3 is 2.27 bits per heavy atom. The van der Waals surface area contributed by atoms with Crippen LogP contribution in [0, 0.1) is 5.82 Å². The van der Waals surface area contributed by atoms with Crippen LogP contribution in [-0.4, -0.2) is 0 Å². The first-order chi connectivity index (χ1) is 14.4. The van der Waals surface area contributed by atoms with Crippen LogP contribution < -0.4 is 4.74 Å². The number of benzene rings is 3. The van der Waals surface area contributed by atoms with Crippen LogP contribution in [0.25, 0.3) is 0 Å². The summed E-state index contributed by atoms with van der Waals surface area (Å²) in [6.07, 6.45) is -0.410. The van der Waals surface area contributed by atoms with Crippen LogP contribution in [0.1, 0.15) is 35.4 Å². The van der Waals surface area contributed by atoms with E-state index in [0.29, 0.717) is 12.2 Å². The largest absolute Gasteiger partial charge is 0.454 e. The minimum Gasteiger partial charge on any atom is -0.454 e. The van der Waals surface area contributed by atoms with Crippen molar-refractivity contribution in [2.24, 2.45) is 0 Å². The number of para-hydroxylation sites is 1. The standard InChI is InChI=1S/C25H22F4O/c1-2-19(20-12-14-21(15-13-20)25(27,28)29)8-6-7-18-11-16-23(26)24(17-18)30-22-9-4-3-5-10-22/h2-5,9-17,19H,1,6-8H2. The van der Waals surface area contributed by atoms with Crippen LogP contribution in [-0.2, 0) is 12.6 Å². The Kier molecular flexibility index (Phi) is 6.93. The monoisotopic (exact) mass is 414 g/mol. The van der Waals surface area contributed by atoms with Gasteiger partial charge in [-0.15, -0.1) is 6.58 Å². The van der Waals surface area contributed by atoms with E-state index in [1.807, 2.05) is 18.2 Å². The Bertz CT molecular complexity index is 963. The van der Waals surface area contributed by atoms with Gasteiger partial charge in [-0.2, -0.15) is 13.2 Å². The Balaban J connectivity index is 1.61. The quantitative estimate of drug-likeness (QED) is 0.269. The molecule has 0 fully saturated rings. The zero-order valence-corrected chi connectivity index (χ0v) is 16.3. The summed E-state index contributed by atoms with van der Waals surface area (Å²) in [6.45, 7) is 3.81. The summed E-state index contributed by atoms with van der Waals surface area (Å²) < 4.78 is 57.9. The van der Waals surface area contributed by atoms with Crippen LogP contribution in [0.2, 0.25) is 0 Å². The molecular weight excluding hydrogens is 392 g/mol. The molecule has 0 radical (unpaired) electrons. The number of ether oxygens (including phenoxy) is 1. The second-order valence-corrected chi connectivity index (χ2v) is 7.03. The number of hydrogen-bond acceptors (Lipinski definition) is 1. The van der Waals surface area contributed by atoms with Gasteiger partial charge in [0.25, 0.3) is 0 Å². The molecule has 30 heavy (non-hydrogen) atoms. The van der Waals surface area contributed by atoms with Crippen molar-refractivity contribution in [1.29, 1.82) is 0 Å². The molecule has 1 unspecified atom stereocenters. The Morgan fingerprint density at radius 2 is 1.63 bits per heavy atom. The first-order valence-electron chi connectivity index (χ1n) is 9.68. The fraction of sp³-hybridized carbons (Fsp3) is 0.200. The lowest BCUT2D eigenvalue weighted by molar-refractivity contribution is -0.137. The molecule has 156 valence electrons. The lowest BCUT2D eigenvalue weighted by Gasteiger charge is -2.15. The highest BCUT2D eigenvalue weighted by molar-refractivity contribution is 5.35. The maximum Gasteiger partial charge on any atom is 0.416 e. The Morgan fingerprint density at radius 1 is 0.933 bits per heavy atom. The molecule has 0 N–H and O–H groups in total. The summed E-state index contributed by atoms with van der Waals surface area (Å²) in [5.41, 5.74) is 1.06. The predicted octanol–water partition coefficient (Wildman–Crippen LogP) is 7.93. The van der Waals surface area contributed by atoms with E-state index in [4.69, 9.17) is 4.74 Å². The minimum atomic E-state index is -4.34. The van der Waals surface area contributed by atoms with Gasteiger partial charge >= 0.3 is 6.18 Å². The maximum absolute atomic E-state index is 14.1. The lowest BCUT2D eigenvalue weighted by atomic mass is 9.92. The zero-order valence-electron chi connectivity index (χ0n) is 16.3. The van der Waals surface area contributed by atoms with Gasteiger partial charge in [-0.05, 0) is 66.8 Å². The van der Waals surface area contributed by atoms with Gasteiger partial charge in [-0.3, -0.25) is 0 Å². The van der Waals surface area contributed by atoms with Gasteiger partial charge < -0.3 is 4.74 Å². The smallest absolute Gasteiger partial charge is 0.416 e. The van der Waals surface area contributed by atoms with Crippen molar-refractivity contribution in [2.45, 2.75) is 31.4 Å². The number of aryl methyl sites for hydroxylation is 1. The van der Waals surface area contributed by atoms with Crippen molar-refractivity contribution in [3.8, 4) is 11.5 Å². The zero-order chi connectivity index (χ0) is 21.6. The summed E-state index contributed by atoms with van der Waals surface area (Å²) in [5.74, 6) is 0.244. The van der Waals surface area contributed by atoms with Crippen molar-refractivity contribution >= 4 is 0 Å². The average Bonchev–Trinajstić information content (AvgIpc) is 2.74. The first-order valence-corrected chi connectivity index (χ1v) is 9.68. The third-order valence-electron chi connectivity index (χ3n) is 4.90. The number of halogens is 4. The van der Waals surface area contributed by atoms with Crippen molar-refractivity contribution in [1.82, 2.24) is 0 Å². The molecule has 0 bridgehead atoms.